The lowest BCUT2D eigenvalue weighted by molar-refractivity contribution is -0.137. The van der Waals surface area contributed by atoms with Crippen LogP contribution < -0.4 is 4.90 Å². The highest BCUT2D eigenvalue weighted by atomic mass is 35.5. The zero-order valence-corrected chi connectivity index (χ0v) is 17.6. The Morgan fingerprint density at radius 2 is 1.75 bits per heavy atom. The van der Waals surface area contributed by atoms with Crippen molar-refractivity contribution < 1.29 is 13.2 Å². The van der Waals surface area contributed by atoms with Crippen molar-refractivity contribution in [2.24, 2.45) is 0 Å². The van der Waals surface area contributed by atoms with Crippen LogP contribution in [0.3, 0.4) is 0 Å². The lowest BCUT2D eigenvalue weighted by Gasteiger charge is -2.35. The molecule has 0 unspecified atom stereocenters. The average Bonchev–Trinajstić information content (AvgIpc) is 2.64. The van der Waals surface area contributed by atoms with E-state index in [0.717, 1.165) is 32.0 Å². The Kier molecular flexibility index (Phi) is 6.84. The van der Waals surface area contributed by atoms with Gasteiger partial charge in [-0.15, -0.1) is 0 Å². The van der Waals surface area contributed by atoms with Crippen molar-refractivity contribution in [3.05, 3.63) is 58.1 Å². The molecule has 2 aromatic carbocycles. The summed E-state index contributed by atoms with van der Waals surface area (Å²) in [6, 6.07) is 10.3. The van der Waals surface area contributed by atoms with Crippen molar-refractivity contribution in [1.82, 2.24) is 4.31 Å². The van der Waals surface area contributed by atoms with Crippen LogP contribution in [-0.2, 0) is 12.6 Å². The quantitative estimate of drug-likeness (QED) is 0.505. The molecule has 0 radical (unpaired) electrons. The predicted octanol–water partition coefficient (Wildman–Crippen LogP) is 6.45. The van der Waals surface area contributed by atoms with Gasteiger partial charge in [0.15, 0.2) is 0 Å². The van der Waals surface area contributed by atoms with Crippen LogP contribution >= 0.6 is 23.5 Å². The van der Waals surface area contributed by atoms with Crippen molar-refractivity contribution in [2.45, 2.75) is 37.8 Å². The molecule has 0 atom stereocenters. The molecule has 0 saturated carbocycles. The van der Waals surface area contributed by atoms with Gasteiger partial charge in [0, 0.05) is 41.8 Å². The minimum atomic E-state index is -4.39. The molecule has 1 fully saturated rings. The molecular weight excluding hydrogens is 405 g/mol. The van der Waals surface area contributed by atoms with E-state index >= 15 is 0 Å². The molecule has 0 aliphatic carbocycles. The molecule has 0 N–H and O–H groups in total. The third-order valence-electron chi connectivity index (χ3n) is 4.89. The fraction of sp³-hybridized carbons (Fsp3) is 0.429. The summed E-state index contributed by atoms with van der Waals surface area (Å²) >= 11 is 7.64. The molecule has 1 aliphatic rings. The largest absolute Gasteiger partial charge is 0.416 e. The van der Waals surface area contributed by atoms with Gasteiger partial charge in [-0.3, -0.25) is 0 Å². The number of benzene rings is 2. The molecule has 0 aromatic heterocycles. The van der Waals surface area contributed by atoms with E-state index in [4.69, 9.17) is 11.6 Å². The van der Waals surface area contributed by atoms with E-state index in [1.54, 1.807) is 18.0 Å². The molecule has 3 rings (SSSR count). The summed E-state index contributed by atoms with van der Waals surface area (Å²) in [6.07, 6.45) is -2.20. The van der Waals surface area contributed by atoms with Crippen molar-refractivity contribution in [3.63, 3.8) is 0 Å². The second kappa shape index (κ2) is 8.97. The lowest BCUT2D eigenvalue weighted by atomic mass is 10.0. The van der Waals surface area contributed by atoms with Gasteiger partial charge >= 0.3 is 6.18 Å². The van der Waals surface area contributed by atoms with Gasteiger partial charge in [-0.2, -0.15) is 13.2 Å². The van der Waals surface area contributed by atoms with E-state index in [1.165, 1.54) is 22.1 Å². The lowest BCUT2D eigenvalue weighted by Crippen LogP contribution is -2.43. The van der Waals surface area contributed by atoms with Crippen LogP contribution in [0.1, 0.15) is 30.0 Å². The van der Waals surface area contributed by atoms with Gasteiger partial charge in [-0.1, -0.05) is 31.0 Å². The second-order valence-corrected chi connectivity index (χ2v) is 8.65. The third-order valence-corrected chi connectivity index (χ3v) is 6.19. The SMILES string of the molecule is CCCc1cc(SN2CCN(c3cc(Cl)cc(C(F)(F)F)c3)CC2)ccc1C. The van der Waals surface area contributed by atoms with Crippen molar-refractivity contribution >= 4 is 29.2 Å². The van der Waals surface area contributed by atoms with Crippen molar-refractivity contribution in [2.75, 3.05) is 31.1 Å². The summed E-state index contributed by atoms with van der Waals surface area (Å²) in [6.45, 7) is 7.19. The summed E-state index contributed by atoms with van der Waals surface area (Å²) in [5.74, 6) is 0. The number of anilines is 1. The van der Waals surface area contributed by atoms with Gasteiger partial charge in [-0.25, -0.2) is 4.31 Å². The van der Waals surface area contributed by atoms with Gasteiger partial charge in [0.25, 0.3) is 0 Å². The third kappa shape index (κ3) is 5.37. The summed E-state index contributed by atoms with van der Waals surface area (Å²) in [4.78, 5) is 3.18. The fourth-order valence-corrected chi connectivity index (χ4v) is 4.55. The minimum Gasteiger partial charge on any atom is -0.369 e. The Morgan fingerprint density at radius 1 is 1.04 bits per heavy atom. The Bertz CT molecular complexity index is 818. The molecule has 2 aromatic rings. The molecule has 152 valence electrons. The summed E-state index contributed by atoms with van der Waals surface area (Å²) in [5, 5.41) is 0.115. The molecule has 1 saturated heterocycles. The van der Waals surface area contributed by atoms with E-state index in [1.807, 2.05) is 4.90 Å². The van der Waals surface area contributed by atoms with E-state index < -0.39 is 11.7 Å². The Hall–Kier alpha value is -1.37. The first-order valence-corrected chi connectivity index (χ1v) is 10.6. The van der Waals surface area contributed by atoms with Gasteiger partial charge < -0.3 is 4.90 Å². The molecule has 0 spiro atoms. The number of hydrogen-bond donors (Lipinski definition) is 0. The zero-order chi connectivity index (χ0) is 20.3. The molecule has 0 bridgehead atoms. The van der Waals surface area contributed by atoms with Crippen LogP contribution in [0.25, 0.3) is 0 Å². The fourth-order valence-electron chi connectivity index (χ4n) is 3.35. The Balaban J connectivity index is 1.64. The van der Waals surface area contributed by atoms with E-state index in [9.17, 15) is 13.2 Å². The number of aryl methyl sites for hydroxylation is 2. The first kappa shape index (κ1) is 21.3. The summed E-state index contributed by atoms with van der Waals surface area (Å²) in [7, 11) is 0. The zero-order valence-electron chi connectivity index (χ0n) is 16.0. The number of piperazine rings is 1. The highest BCUT2D eigenvalue weighted by molar-refractivity contribution is 7.97. The maximum atomic E-state index is 13.0. The first-order chi connectivity index (χ1) is 13.3. The number of rotatable bonds is 5. The molecule has 2 nitrogen and oxygen atoms in total. The standard InChI is InChI=1S/C21H24ClF3N2S/c1-3-4-16-11-20(6-5-15(16)2)28-27-9-7-26(8-10-27)19-13-17(21(23,24)25)12-18(22)14-19/h5-6,11-14H,3-4,7-10H2,1-2H3. The molecule has 0 amide bonds. The maximum absolute atomic E-state index is 13.0. The Labute approximate surface area is 173 Å². The monoisotopic (exact) mass is 428 g/mol. The first-order valence-electron chi connectivity index (χ1n) is 9.41. The molecule has 7 heteroatoms. The van der Waals surface area contributed by atoms with E-state index in [0.29, 0.717) is 18.8 Å². The highest BCUT2D eigenvalue weighted by Crippen LogP contribution is 2.35. The molecule has 1 heterocycles. The smallest absolute Gasteiger partial charge is 0.369 e. The van der Waals surface area contributed by atoms with Gasteiger partial charge in [0.2, 0.25) is 0 Å². The van der Waals surface area contributed by atoms with Gasteiger partial charge in [-0.05, 0) is 66.8 Å². The normalized spacial score (nSPS) is 15.9. The second-order valence-electron chi connectivity index (χ2n) is 7.04. The highest BCUT2D eigenvalue weighted by Gasteiger charge is 2.32. The number of hydrogen-bond acceptors (Lipinski definition) is 3. The van der Waals surface area contributed by atoms with Crippen LogP contribution in [0.15, 0.2) is 41.3 Å². The molecular formula is C21H24ClF3N2S. The summed E-state index contributed by atoms with van der Waals surface area (Å²) in [5.41, 5.74) is 2.53. The Morgan fingerprint density at radius 3 is 2.39 bits per heavy atom. The number of nitrogens with zero attached hydrogens (tertiary/aromatic N) is 2. The van der Waals surface area contributed by atoms with Crippen LogP contribution in [0.5, 0.6) is 0 Å². The van der Waals surface area contributed by atoms with Crippen molar-refractivity contribution in [3.8, 4) is 0 Å². The summed E-state index contributed by atoms with van der Waals surface area (Å²) < 4.78 is 41.4. The van der Waals surface area contributed by atoms with Crippen LogP contribution in [0.4, 0.5) is 18.9 Å². The molecule has 1 aliphatic heterocycles. The maximum Gasteiger partial charge on any atom is 0.416 e. The number of halogens is 4. The van der Waals surface area contributed by atoms with E-state index in [-0.39, 0.29) is 5.02 Å². The minimum absolute atomic E-state index is 0.115. The van der Waals surface area contributed by atoms with Crippen LogP contribution in [-0.4, -0.2) is 30.5 Å². The van der Waals surface area contributed by atoms with Crippen molar-refractivity contribution in [1.29, 1.82) is 0 Å². The van der Waals surface area contributed by atoms with Gasteiger partial charge in [0.1, 0.15) is 0 Å². The number of alkyl halides is 3. The van der Waals surface area contributed by atoms with E-state index in [2.05, 4.69) is 36.4 Å². The topological polar surface area (TPSA) is 6.48 Å². The average molecular weight is 429 g/mol. The predicted molar refractivity (Wildman–Crippen MR) is 111 cm³/mol. The van der Waals surface area contributed by atoms with Crippen LogP contribution in [0.2, 0.25) is 5.02 Å². The molecule has 28 heavy (non-hydrogen) atoms. The van der Waals surface area contributed by atoms with Gasteiger partial charge in [0.05, 0.1) is 5.56 Å². The van der Waals surface area contributed by atoms with Crippen LogP contribution in [0, 0.1) is 6.92 Å².